The van der Waals surface area contributed by atoms with Crippen LogP contribution in [0.2, 0.25) is 0 Å². The number of aromatic nitrogens is 1. The number of carboxylic acids is 1. The van der Waals surface area contributed by atoms with E-state index in [0.717, 1.165) is 10.8 Å². The van der Waals surface area contributed by atoms with Crippen LogP contribution in [0.25, 0.3) is 21.7 Å². The number of benzene rings is 3. The fraction of sp³-hybridized carbons (Fsp3) is 0. The van der Waals surface area contributed by atoms with Crippen LogP contribution in [-0.2, 0) is 17.1 Å². The van der Waals surface area contributed by atoms with Crippen molar-refractivity contribution in [2.24, 2.45) is 0 Å². The van der Waals surface area contributed by atoms with Gasteiger partial charge in [0.1, 0.15) is 22.6 Å². The molecule has 0 spiro atoms. The average Bonchev–Trinajstić information content (AvgIpc) is 2.71. The molecule has 4 rings (SSSR count). The molecule has 0 unspecified atom stereocenters. The fourth-order valence-corrected chi connectivity index (χ4v) is 3.33. The second kappa shape index (κ2) is 9.53. The largest absolute Gasteiger partial charge is 2.00 e. The number of halogens is 1. The smallest absolute Gasteiger partial charge is 0.506 e. The fourth-order valence-electron chi connectivity index (χ4n) is 2.76. The molecular formula is C20H13BrCuN2O6+2. The molecule has 3 aromatic carbocycles. The number of hydrogen-bond donors (Lipinski definition) is 3. The van der Waals surface area contributed by atoms with Gasteiger partial charge in [-0.15, -0.1) is 0 Å². The van der Waals surface area contributed by atoms with Crippen LogP contribution < -0.4 is 0 Å². The number of carboxylic acid groups (broad SMARTS) is 1. The van der Waals surface area contributed by atoms with Gasteiger partial charge in [0.05, 0.1) is 14.8 Å². The molecule has 0 atom stereocenters. The van der Waals surface area contributed by atoms with E-state index in [9.17, 15) is 25.1 Å². The Bertz CT molecular complexity index is 1260. The van der Waals surface area contributed by atoms with Gasteiger partial charge in [-0.2, -0.15) is 0 Å². The molecule has 1 aromatic heterocycles. The quantitative estimate of drug-likeness (QED) is 0.195. The number of aromatic hydroxyl groups is 2. The minimum absolute atomic E-state index is 0. The molecule has 30 heavy (non-hydrogen) atoms. The number of phenols is 2. The summed E-state index contributed by atoms with van der Waals surface area (Å²) in [6.07, 6.45) is 1.48. The molecule has 0 aliphatic heterocycles. The van der Waals surface area contributed by atoms with Crippen LogP contribution in [-0.4, -0.2) is 31.2 Å². The number of rotatable bonds is 2. The molecule has 0 aliphatic carbocycles. The van der Waals surface area contributed by atoms with Crippen LogP contribution in [0, 0.1) is 10.1 Å². The zero-order chi connectivity index (χ0) is 21.1. The third kappa shape index (κ3) is 4.51. The minimum atomic E-state index is -1.14. The number of phenolic OH excluding ortho intramolecular Hbond substituents is 1. The van der Waals surface area contributed by atoms with E-state index in [4.69, 9.17) is 5.11 Å². The van der Waals surface area contributed by atoms with Crippen molar-refractivity contribution in [2.45, 2.75) is 0 Å². The molecule has 1 heterocycles. The summed E-state index contributed by atoms with van der Waals surface area (Å²) in [5, 5.41) is 40.4. The number of hydrogen-bond acceptors (Lipinski definition) is 6. The molecule has 0 saturated heterocycles. The van der Waals surface area contributed by atoms with Gasteiger partial charge in [0.15, 0.2) is 0 Å². The molecule has 155 valence electrons. The van der Waals surface area contributed by atoms with E-state index in [1.54, 1.807) is 18.2 Å². The van der Waals surface area contributed by atoms with Gasteiger partial charge in [-0.25, -0.2) is 4.79 Å². The molecule has 4 aromatic rings. The van der Waals surface area contributed by atoms with E-state index < -0.39 is 10.9 Å². The van der Waals surface area contributed by atoms with Crippen molar-refractivity contribution in [3.05, 3.63) is 80.9 Å². The summed E-state index contributed by atoms with van der Waals surface area (Å²) in [6.45, 7) is 0. The van der Waals surface area contributed by atoms with Gasteiger partial charge in [0.25, 0.3) is 5.69 Å². The van der Waals surface area contributed by atoms with Crippen molar-refractivity contribution in [1.29, 1.82) is 0 Å². The minimum Gasteiger partial charge on any atom is -0.506 e. The molecule has 1 radical (unpaired) electrons. The summed E-state index contributed by atoms with van der Waals surface area (Å²) >= 11 is 3.19. The standard InChI is InChI=1S/C11H7BrO3.C9H6N2O3.Cu/c12-9-7-4-2-1-3-6(7)5-8(10(9)13)11(14)15;12-8-4-3-7(11(13)14)6-2-1-5-10-9(6)8;/h1-5,13H,(H,14,15);1-5,12H;/q;;+2. The molecule has 0 saturated carbocycles. The van der Waals surface area contributed by atoms with Crippen LogP contribution in [0.4, 0.5) is 5.69 Å². The van der Waals surface area contributed by atoms with Crippen molar-refractivity contribution in [2.75, 3.05) is 0 Å². The number of non-ortho nitro benzene ring substituents is 1. The Balaban J connectivity index is 0.000000207. The number of nitro benzene ring substituents is 1. The Morgan fingerprint density at radius 3 is 2.37 bits per heavy atom. The maximum atomic E-state index is 10.8. The first-order chi connectivity index (χ1) is 13.8. The van der Waals surface area contributed by atoms with Crippen molar-refractivity contribution in [3.8, 4) is 11.5 Å². The maximum absolute atomic E-state index is 10.8. The molecule has 8 nitrogen and oxygen atoms in total. The van der Waals surface area contributed by atoms with Gasteiger partial charge >= 0.3 is 23.0 Å². The summed E-state index contributed by atoms with van der Waals surface area (Å²) in [7, 11) is 0. The molecule has 10 heteroatoms. The van der Waals surface area contributed by atoms with E-state index in [2.05, 4.69) is 20.9 Å². The Hall–Kier alpha value is -3.20. The molecule has 0 amide bonds. The summed E-state index contributed by atoms with van der Waals surface area (Å²) in [4.78, 5) is 24.8. The normalized spacial score (nSPS) is 10.0. The molecule has 3 N–H and O–H groups in total. The van der Waals surface area contributed by atoms with E-state index in [-0.39, 0.29) is 45.3 Å². The molecular weight excluding hydrogens is 508 g/mol. The molecule has 0 fully saturated rings. The number of nitro groups is 1. The van der Waals surface area contributed by atoms with Crippen LogP contribution in [0.3, 0.4) is 0 Å². The van der Waals surface area contributed by atoms with Crippen molar-refractivity contribution in [3.63, 3.8) is 0 Å². The Kier molecular flexibility index (Phi) is 7.33. The van der Waals surface area contributed by atoms with Crippen molar-refractivity contribution < 1.29 is 42.1 Å². The number of carbonyl (C=O) groups is 1. The monoisotopic (exact) mass is 519 g/mol. The van der Waals surface area contributed by atoms with Gasteiger partial charge in [0, 0.05) is 12.3 Å². The zero-order valence-electron chi connectivity index (χ0n) is 14.9. The topological polar surface area (TPSA) is 134 Å². The Labute approximate surface area is 188 Å². The van der Waals surface area contributed by atoms with E-state index in [1.165, 1.54) is 24.4 Å². The Morgan fingerprint density at radius 2 is 1.70 bits per heavy atom. The average molecular weight is 521 g/mol. The second-order valence-electron chi connectivity index (χ2n) is 5.87. The number of nitrogens with zero attached hydrogens (tertiary/aromatic N) is 2. The second-order valence-corrected chi connectivity index (χ2v) is 6.67. The molecule has 0 bridgehead atoms. The van der Waals surface area contributed by atoms with Gasteiger partial charge in [-0.3, -0.25) is 15.1 Å². The van der Waals surface area contributed by atoms with E-state index in [1.807, 2.05) is 18.2 Å². The van der Waals surface area contributed by atoms with E-state index >= 15 is 0 Å². The van der Waals surface area contributed by atoms with Gasteiger partial charge in [0.2, 0.25) is 0 Å². The maximum Gasteiger partial charge on any atom is 2.00 e. The summed E-state index contributed by atoms with van der Waals surface area (Å²) in [6, 6.07) is 14.4. The first-order valence-corrected chi connectivity index (χ1v) is 8.95. The third-order valence-corrected chi connectivity index (χ3v) is 4.92. The summed E-state index contributed by atoms with van der Waals surface area (Å²) in [5.74, 6) is -1.42. The predicted molar refractivity (Wildman–Crippen MR) is 110 cm³/mol. The number of fused-ring (bicyclic) bond motifs is 2. The van der Waals surface area contributed by atoms with Gasteiger partial charge < -0.3 is 15.3 Å². The van der Waals surface area contributed by atoms with Crippen LogP contribution in [0.5, 0.6) is 11.5 Å². The third-order valence-electron chi connectivity index (χ3n) is 4.11. The first kappa shape index (κ1) is 23.1. The SMILES string of the molecule is O=C(O)c1cc2ccccc2c(Br)c1O.O=[N+]([O-])c1ccc(O)c2ncccc12.[Cu+2]. The van der Waals surface area contributed by atoms with Crippen molar-refractivity contribution >= 4 is 49.3 Å². The van der Waals surface area contributed by atoms with Gasteiger partial charge in [-0.05, 0) is 51.0 Å². The zero-order valence-corrected chi connectivity index (χ0v) is 17.4. The van der Waals surface area contributed by atoms with Crippen LogP contribution in [0.15, 0.2) is 65.3 Å². The number of aromatic carboxylic acids is 1. The van der Waals surface area contributed by atoms with Crippen LogP contribution in [0.1, 0.15) is 10.4 Å². The van der Waals surface area contributed by atoms with Crippen LogP contribution >= 0.6 is 15.9 Å². The summed E-state index contributed by atoms with van der Waals surface area (Å²) in [5.41, 5.74) is 0.105. The Morgan fingerprint density at radius 1 is 1.03 bits per heavy atom. The number of pyridine rings is 1. The summed E-state index contributed by atoms with van der Waals surface area (Å²) < 4.78 is 0.415. The predicted octanol–water partition coefficient (Wildman–Crippen LogP) is 4.85. The van der Waals surface area contributed by atoms with Crippen molar-refractivity contribution in [1.82, 2.24) is 4.98 Å². The first-order valence-electron chi connectivity index (χ1n) is 8.16. The van der Waals surface area contributed by atoms with Gasteiger partial charge in [-0.1, -0.05) is 24.3 Å². The molecule has 0 aliphatic rings. The van der Waals surface area contributed by atoms with E-state index in [0.29, 0.717) is 9.86 Å².